The molecular weight excluding hydrogens is 262 g/mol. The van der Waals surface area contributed by atoms with Gasteiger partial charge in [0.15, 0.2) is 17.5 Å². The third-order valence-corrected chi connectivity index (χ3v) is 3.24. The Hall–Kier alpha value is -2.20. The van der Waals surface area contributed by atoms with E-state index in [9.17, 15) is 5.21 Å². The third kappa shape index (κ3) is 2.35. The Morgan fingerprint density at radius 3 is 2.42 bits per heavy atom. The fraction of sp³-hybridized carbons (Fsp3) is 0.0714. The van der Waals surface area contributed by atoms with E-state index in [2.05, 4.69) is 10.2 Å². The summed E-state index contributed by atoms with van der Waals surface area (Å²) in [6, 6.07) is 11.3. The van der Waals surface area contributed by atoms with E-state index >= 15 is 0 Å². The maximum absolute atomic E-state index is 11.0. The third-order valence-electron chi connectivity index (χ3n) is 2.96. The minimum absolute atomic E-state index is 0.407. The first-order valence-corrected chi connectivity index (χ1v) is 6.19. The highest BCUT2D eigenvalue weighted by molar-refractivity contribution is 6.34. The summed E-state index contributed by atoms with van der Waals surface area (Å²) in [5.74, 6) is 0. The molecule has 0 saturated heterocycles. The summed E-state index contributed by atoms with van der Waals surface area (Å²) in [7, 11) is 0. The van der Waals surface area contributed by atoms with Crippen LogP contribution in [-0.2, 0) is 6.42 Å². The number of pyridine rings is 1. The number of hydrogen-bond donors (Lipinski definition) is 0. The van der Waals surface area contributed by atoms with E-state index in [4.69, 9.17) is 11.6 Å². The second-order valence-electron chi connectivity index (χ2n) is 4.23. The van der Waals surface area contributed by atoms with Crippen molar-refractivity contribution < 1.29 is 4.73 Å². The Kier molecular flexibility index (Phi) is 3.01. The summed E-state index contributed by atoms with van der Waals surface area (Å²) in [5, 5.41) is 21.4. The fourth-order valence-electron chi connectivity index (χ4n) is 2.01. The van der Waals surface area contributed by atoms with Gasteiger partial charge < -0.3 is 5.21 Å². The summed E-state index contributed by atoms with van der Waals surface area (Å²) in [6.07, 6.45) is 3.56. The largest absolute Gasteiger partial charge is 0.619 e. The Morgan fingerprint density at radius 1 is 1.00 bits per heavy atom. The zero-order valence-corrected chi connectivity index (χ0v) is 10.7. The smallest absolute Gasteiger partial charge is 0.180 e. The topological polar surface area (TPSA) is 52.7 Å². The lowest BCUT2D eigenvalue weighted by molar-refractivity contribution is -0.605. The van der Waals surface area contributed by atoms with Gasteiger partial charge in [-0.25, -0.2) is 0 Å². The van der Waals surface area contributed by atoms with Crippen LogP contribution in [0.2, 0.25) is 5.15 Å². The number of halogens is 1. The van der Waals surface area contributed by atoms with Gasteiger partial charge in [0.1, 0.15) is 0 Å². The summed E-state index contributed by atoms with van der Waals surface area (Å²) >= 11 is 6.03. The second-order valence-corrected chi connectivity index (χ2v) is 4.58. The van der Waals surface area contributed by atoms with Crippen molar-refractivity contribution >= 4 is 22.4 Å². The van der Waals surface area contributed by atoms with E-state index in [-0.39, 0.29) is 0 Å². The molecule has 94 valence electrons. The van der Waals surface area contributed by atoms with Crippen LogP contribution in [0.25, 0.3) is 10.8 Å². The Bertz CT molecular complexity index is 728. The zero-order valence-electron chi connectivity index (χ0n) is 9.95. The van der Waals surface area contributed by atoms with Gasteiger partial charge in [-0.2, -0.15) is 9.83 Å². The van der Waals surface area contributed by atoms with Crippen LogP contribution in [0.1, 0.15) is 11.3 Å². The molecule has 0 amide bonds. The highest BCUT2D eigenvalue weighted by Crippen LogP contribution is 2.23. The molecule has 0 N–H and O–H groups in total. The number of benzene rings is 1. The van der Waals surface area contributed by atoms with Gasteiger partial charge in [0, 0.05) is 29.3 Å². The van der Waals surface area contributed by atoms with Gasteiger partial charge in [-0.15, -0.1) is 5.10 Å². The van der Waals surface area contributed by atoms with Gasteiger partial charge in [-0.1, -0.05) is 35.9 Å². The van der Waals surface area contributed by atoms with E-state index in [1.54, 1.807) is 12.1 Å². The summed E-state index contributed by atoms with van der Waals surface area (Å²) < 4.78 is 0.759. The molecule has 0 saturated carbocycles. The molecule has 1 aromatic carbocycles. The van der Waals surface area contributed by atoms with Crippen LogP contribution in [0, 0.1) is 5.21 Å². The fourth-order valence-corrected chi connectivity index (χ4v) is 2.21. The number of nitrogens with zero attached hydrogens (tertiary/aromatic N) is 3. The van der Waals surface area contributed by atoms with E-state index in [0.29, 0.717) is 11.6 Å². The van der Waals surface area contributed by atoms with Crippen molar-refractivity contribution in [2.45, 2.75) is 6.42 Å². The molecule has 0 fully saturated rings. The molecule has 0 bridgehead atoms. The SMILES string of the molecule is [O-][n+]1ccc(Cc2nnc(Cl)c3ccccc23)cc1. The van der Waals surface area contributed by atoms with Crippen molar-refractivity contribution in [1.29, 1.82) is 0 Å². The lowest BCUT2D eigenvalue weighted by Gasteiger charge is -2.06. The van der Waals surface area contributed by atoms with Gasteiger partial charge in [-0.05, 0) is 5.56 Å². The molecule has 4 nitrogen and oxygen atoms in total. The molecule has 0 radical (unpaired) electrons. The first-order valence-electron chi connectivity index (χ1n) is 5.81. The molecule has 0 spiro atoms. The lowest BCUT2D eigenvalue weighted by atomic mass is 10.1. The Labute approximate surface area is 114 Å². The number of rotatable bonds is 2. The molecule has 0 aliphatic rings. The molecule has 0 aliphatic heterocycles. The number of hydrogen-bond acceptors (Lipinski definition) is 3. The summed E-state index contributed by atoms with van der Waals surface area (Å²) in [5.41, 5.74) is 1.86. The zero-order chi connectivity index (χ0) is 13.2. The standard InChI is InChI=1S/C14H10ClN3O/c15-14-12-4-2-1-3-11(12)13(16-17-14)9-10-5-7-18(19)8-6-10/h1-8H,9H2. The predicted molar refractivity (Wildman–Crippen MR) is 72.8 cm³/mol. The maximum Gasteiger partial charge on any atom is 0.180 e. The molecule has 0 atom stereocenters. The van der Waals surface area contributed by atoms with Crippen molar-refractivity contribution in [3.8, 4) is 0 Å². The summed E-state index contributed by atoms with van der Waals surface area (Å²) in [6.45, 7) is 0. The Balaban J connectivity index is 2.06. The summed E-state index contributed by atoms with van der Waals surface area (Å²) in [4.78, 5) is 0. The van der Waals surface area contributed by atoms with Gasteiger partial charge >= 0.3 is 0 Å². The van der Waals surface area contributed by atoms with Crippen LogP contribution in [0.3, 0.4) is 0 Å². The predicted octanol–water partition coefficient (Wildman–Crippen LogP) is 2.51. The molecule has 5 heteroatoms. The number of aromatic nitrogens is 3. The van der Waals surface area contributed by atoms with Crippen molar-refractivity contribution in [3.05, 3.63) is 70.4 Å². The average molecular weight is 272 g/mol. The molecule has 3 rings (SSSR count). The van der Waals surface area contributed by atoms with E-state index in [1.165, 1.54) is 12.4 Å². The first-order chi connectivity index (χ1) is 9.24. The number of fused-ring (bicyclic) bond motifs is 1. The van der Waals surface area contributed by atoms with Gasteiger partial charge in [0.25, 0.3) is 0 Å². The highest BCUT2D eigenvalue weighted by atomic mass is 35.5. The molecule has 0 unspecified atom stereocenters. The Morgan fingerprint density at radius 2 is 1.68 bits per heavy atom. The highest BCUT2D eigenvalue weighted by Gasteiger charge is 2.08. The maximum atomic E-state index is 11.0. The second kappa shape index (κ2) is 4.82. The minimum atomic E-state index is 0.407. The quantitative estimate of drug-likeness (QED) is 0.532. The molecular formula is C14H10ClN3O. The van der Waals surface area contributed by atoms with Crippen LogP contribution >= 0.6 is 11.6 Å². The van der Waals surface area contributed by atoms with E-state index < -0.39 is 0 Å². The van der Waals surface area contributed by atoms with Crippen molar-refractivity contribution in [2.24, 2.45) is 0 Å². The van der Waals surface area contributed by atoms with Crippen LogP contribution in [-0.4, -0.2) is 10.2 Å². The molecule has 3 aromatic rings. The molecule has 19 heavy (non-hydrogen) atoms. The lowest BCUT2D eigenvalue weighted by Crippen LogP contribution is -2.23. The van der Waals surface area contributed by atoms with Crippen LogP contribution in [0.15, 0.2) is 48.8 Å². The van der Waals surface area contributed by atoms with Crippen molar-refractivity contribution in [3.63, 3.8) is 0 Å². The van der Waals surface area contributed by atoms with Crippen LogP contribution in [0.4, 0.5) is 0 Å². The average Bonchev–Trinajstić information content (AvgIpc) is 2.45. The van der Waals surface area contributed by atoms with Gasteiger partial charge in [0.05, 0.1) is 5.69 Å². The van der Waals surface area contributed by atoms with Crippen LogP contribution in [0.5, 0.6) is 0 Å². The monoisotopic (exact) mass is 271 g/mol. The van der Waals surface area contributed by atoms with Crippen molar-refractivity contribution in [1.82, 2.24) is 10.2 Å². The van der Waals surface area contributed by atoms with Gasteiger partial charge in [-0.3, -0.25) is 0 Å². The van der Waals surface area contributed by atoms with Gasteiger partial charge in [0.2, 0.25) is 0 Å². The molecule has 0 aliphatic carbocycles. The van der Waals surface area contributed by atoms with Crippen molar-refractivity contribution in [2.75, 3.05) is 0 Å². The van der Waals surface area contributed by atoms with Crippen LogP contribution < -0.4 is 4.73 Å². The normalized spacial score (nSPS) is 10.8. The minimum Gasteiger partial charge on any atom is -0.619 e. The van der Waals surface area contributed by atoms with E-state index in [0.717, 1.165) is 26.8 Å². The molecule has 2 aromatic heterocycles. The molecule has 2 heterocycles. The van der Waals surface area contributed by atoms with E-state index in [1.807, 2.05) is 24.3 Å². The first kappa shape index (κ1) is 11.9.